The summed E-state index contributed by atoms with van der Waals surface area (Å²) in [6, 6.07) is 11.6. The number of methoxy groups -OCH3 is 1. The summed E-state index contributed by atoms with van der Waals surface area (Å²) in [4.78, 5) is 18.0. The molecule has 1 aromatic rings. The van der Waals surface area contributed by atoms with Crippen LogP contribution in [-0.2, 0) is 16.1 Å². The van der Waals surface area contributed by atoms with Gasteiger partial charge >= 0.3 is 5.97 Å². The van der Waals surface area contributed by atoms with Crippen LogP contribution >= 0.6 is 24.0 Å². The van der Waals surface area contributed by atoms with Crippen molar-refractivity contribution in [3.8, 4) is 0 Å². The van der Waals surface area contributed by atoms with Crippen LogP contribution in [0.5, 0.6) is 0 Å². The van der Waals surface area contributed by atoms with Gasteiger partial charge in [0.05, 0.1) is 7.11 Å². The predicted octanol–water partition coefficient (Wildman–Crippen LogP) is 3.17. The summed E-state index contributed by atoms with van der Waals surface area (Å²) >= 11 is 0. The fraction of sp³-hybridized carbons (Fsp3) is 0.619. The normalized spacial score (nSPS) is 19.8. The number of hydrogen-bond donors (Lipinski definition) is 2. The van der Waals surface area contributed by atoms with Gasteiger partial charge in [-0.3, -0.25) is 14.7 Å². The molecule has 1 fully saturated rings. The van der Waals surface area contributed by atoms with Gasteiger partial charge in [-0.1, -0.05) is 36.8 Å². The Balaban J connectivity index is 0.00000392. The van der Waals surface area contributed by atoms with Gasteiger partial charge in [0.15, 0.2) is 5.96 Å². The van der Waals surface area contributed by atoms with E-state index in [2.05, 4.69) is 62.5 Å². The minimum atomic E-state index is -0.129. The number of nitrogens with one attached hydrogen (secondary N) is 2. The van der Waals surface area contributed by atoms with Crippen LogP contribution in [0.1, 0.15) is 44.6 Å². The Kier molecular flexibility index (Phi) is 12.1. The summed E-state index contributed by atoms with van der Waals surface area (Å²) in [6.45, 7) is 5.17. The third kappa shape index (κ3) is 8.77. The minimum absolute atomic E-state index is 0. The predicted molar refractivity (Wildman–Crippen MR) is 125 cm³/mol. The number of benzene rings is 1. The maximum Gasteiger partial charge on any atom is 0.305 e. The Morgan fingerprint density at radius 3 is 2.68 bits per heavy atom. The van der Waals surface area contributed by atoms with Crippen molar-refractivity contribution in [3.63, 3.8) is 0 Å². The van der Waals surface area contributed by atoms with Crippen LogP contribution in [0.25, 0.3) is 0 Å². The molecule has 0 bridgehead atoms. The molecule has 0 aliphatic carbocycles. The molecule has 1 aliphatic heterocycles. The van der Waals surface area contributed by atoms with Crippen LogP contribution in [0.4, 0.5) is 0 Å². The van der Waals surface area contributed by atoms with Crippen molar-refractivity contribution in [3.05, 3.63) is 35.9 Å². The Hall–Kier alpha value is -1.35. The standard InChI is InChI=1S/C21H34N4O2.HI/c1-17-14-19(16-25(17)15-18-10-6-4-7-11-18)24-21(22-2)23-13-9-5-8-12-20(26)27-3;/h4,6-7,10-11,17,19H,5,8-9,12-16H2,1-3H3,(H2,22,23,24);1H. The zero-order valence-corrected chi connectivity index (χ0v) is 19.6. The van der Waals surface area contributed by atoms with E-state index in [0.717, 1.165) is 51.3 Å². The summed E-state index contributed by atoms with van der Waals surface area (Å²) < 4.78 is 4.65. The molecule has 0 saturated carbocycles. The van der Waals surface area contributed by atoms with E-state index in [0.29, 0.717) is 18.5 Å². The van der Waals surface area contributed by atoms with Gasteiger partial charge in [0, 0.05) is 45.2 Å². The maximum atomic E-state index is 11.1. The maximum absolute atomic E-state index is 11.1. The van der Waals surface area contributed by atoms with Gasteiger partial charge in [0.25, 0.3) is 0 Å². The van der Waals surface area contributed by atoms with Crippen molar-refractivity contribution >= 4 is 35.9 Å². The molecule has 2 rings (SSSR count). The van der Waals surface area contributed by atoms with Crippen LogP contribution in [0.15, 0.2) is 35.3 Å². The van der Waals surface area contributed by atoms with Crippen molar-refractivity contribution < 1.29 is 9.53 Å². The molecular formula is C21H35IN4O2. The SMILES string of the molecule is CN=C(NCCCCCC(=O)OC)NC1CC(C)N(Cc2ccccc2)C1.I. The van der Waals surface area contributed by atoms with Gasteiger partial charge < -0.3 is 15.4 Å². The van der Waals surface area contributed by atoms with Crippen LogP contribution in [-0.4, -0.2) is 56.2 Å². The summed E-state index contributed by atoms with van der Waals surface area (Å²) in [6.07, 6.45) is 4.51. The molecule has 1 heterocycles. The molecule has 0 amide bonds. The van der Waals surface area contributed by atoms with Gasteiger partial charge in [-0.15, -0.1) is 24.0 Å². The van der Waals surface area contributed by atoms with Crippen LogP contribution in [0.3, 0.4) is 0 Å². The van der Waals surface area contributed by atoms with Crippen molar-refractivity contribution in [2.75, 3.05) is 27.2 Å². The van der Waals surface area contributed by atoms with E-state index in [1.54, 1.807) is 0 Å². The highest BCUT2D eigenvalue weighted by atomic mass is 127. The van der Waals surface area contributed by atoms with Gasteiger partial charge in [0.1, 0.15) is 0 Å². The highest BCUT2D eigenvalue weighted by Gasteiger charge is 2.29. The Bertz CT molecular complexity index is 597. The lowest BCUT2D eigenvalue weighted by Gasteiger charge is -2.21. The quantitative estimate of drug-likeness (QED) is 0.179. The van der Waals surface area contributed by atoms with E-state index in [4.69, 9.17) is 0 Å². The average Bonchev–Trinajstić information content (AvgIpc) is 3.02. The largest absolute Gasteiger partial charge is 0.469 e. The topological polar surface area (TPSA) is 66.0 Å². The second-order valence-corrected chi connectivity index (χ2v) is 7.23. The first-order valence-corrected chi connectivity index (χ1v) is 9.94. The number of carbonyl (C=O) groups excluding carboxylic acids is 1. The van der Waals surface area contributed by atoms with Gasteiger partial charge in [-0.2, -0.15) is 0 Å². The van der Waals surface area contributed by atoms with E-state index in [-0.39, 0.29) is 29.9 Å². The van der Waals surface area contributed by atoms with Gasteiger partial charge in [-0.25, -0.2) is 0 Å². The summed E-state index contributed by atoms with van der Waals surface area (Å²) in [5.41, 5.74) is 1.36. The third-order valence-electron chi connectivity index (χ3n) is 5.07. The van der Waals surface area contributed by atoms with Crippen LogP contribution in [0, 0.1) is 0 Å². The molecule has 2 atom stereocenters. The molecule has 1 aromatic carbocycles. The number of nitrogens with zero attached hydrogens (tertiary/aromatic N) is 2. The van der Waals surface area contributed by atoms with E-state index in [9.17, 15) is 4.79 Å². The zero-order chi connectivity index (χ0) is 19.5. The Morgan fingerprint density at radius 1 is 1.25 bits per heavy atom. The molecule has 1 aliphatic rings. The second-order valence-electron chi connectivity index (χ2n) is 7.23. The molecule has 1 saturated heterocycles. The smallest absolute Gasteiger partial charge is 0.305 e. The molecule has 6 nitrogen and oxygen atoms in total. The van der Waals surface area contributed by atoms with Crippen LogP contribution in [0.2, 0.25) is 0 Å². The molecule has 7 heteroatoms. The average molecular weight is 502 g/mol. The molecule has 0 spiro atoms. The molecular weight excluding hydrogens is 467 g/mol. The molecule has 28 heavy (non-hydrogen) atoms. The molecule has 158 valence electrons. The summed E-state index contributed by atoms with van der Waals surface area (Å²) in [5.74, 6) is 0.734. The lowest BCUT2D eigenvalue weighted by Crippen LogP contribution is -2.44. The number of halogens is 1. The van der Waals surface area contributed by atoms with Crippen molar-refractivity contribution in [1.82, 2.24) is 15.5 Å². The number of esters is 1. The first-order valence-electron chi connectivity index (χ1n) is 9.94. The fourth-order valence-corrected chi connectivity index (χ4v) is 3.51. The number of hydrogen-bond acceptors (Lipinski definition) is 4. The molecule has 0 radical (unpaired) electrons. The zero-order valence-electron chi connectivity index (χ0n) is 17.3. The van der Waals surface area contributed by atoms with E-state index in [1.807, 2.05) is 7.05 Å². The number of carbonyl (C=O) groups is 1. The monoisotopic (exact) mass is 502 g/mol. The van der Waals surface area contributed by atoms with Crippen molar-refractivity contribution in [2.45, 2.75) is 57.7 Å². The highest BCUT2D eigenvalue weighted by Crippen LogP contribution is 2.20. The minimum Gasteiger partial charge on any atom is -0.469 e. The summed E-state index contributed by atoms with van der Waals surface area (Å²) in [5, 5.41) is 6.94. The fourth-order valence-electron chi connectivity index (χ4n) is 3.51. The van der Waals surface area contributed by atoms with Crippen molar-refractivity contribution in [1.29, 1.82) is 0 Å². The third-order valence-corrected chi connectivity index (χ3v) is 5.07. The highest BCUT2D eigenvalue weighted by molar-refractivity contribution is 14.0. The van der Waals surface area contributed by atoms with E-state index >= 15 is 0 Å². The first kappa shape index (κ1) is 24.7. The number of ether oxygens (including phenoxy) is 1. The Morgan fingerprint density at radius 2 is 2.00 bits per heavy atom. The molecule has 0 aromatic heterocycles. The second kappa shape index (κ2) is 13.8. The van der Waals surface area contributed by atoms with Gasteiger partial charge in [-0.05, 0) is 31.7 Å². The van der Waals surface area contributed by atoms with Gasteiger partial charge in [0.2, 0.25) is 0 Å². The first-order chi connectivity index (χ1) is 13.1. The number of unbranched alkanes of at least 4 members (excludes halogenated alkanes) is 2. The van der Waals surface area contributed by atoms with Crippen LogP contribution < -0.4 is 10.6 Å². The number of guanidine groups is 1. The van der Waals surface area contributed by atoms with Crippen molar-refractivity contribution in [2.24, 2.45) is 4.99 Å². The number of rotatable bonds is 9. The lowest BCUT2D eigenvalue weighted by atomic mass is 10.2. The van der Waals surface area contributed by atoms with E-state index in [1.165, 1.54) is 12.7 Å². The number of likely N-dealkylation sites (tertiary alicyclic amines) is 1. The number of aliphatic imine (C=N–C) groups is 1. The summed E-state index contributed by atoms with van der Waals surface area (Å²) in [7, 11) is 3.25. The molecule has 2 N–H and O–H groups in total. The lowest BCUT2D eigenvalue weighted by molar-refractivity contribution is -0.140. The van der Waals surface area contributed by atoms with E-state index < -0.39 is 0 Å². The molecule has 2 unspecified atom stereocenters. The Labute approximate surface area is 186 Å².